The second kappa shape index (κ2) is 5.12. The van der Waals surface area contributed by atoms with Gasteiger partial charge >= 0.3 is 0 Å². The third-order valence-electron chi connectivity index (χ3n) is 2.42. The molecule has 0 aliphatic carbocycles. The van der Waals surface area contributed by atoms with Crippen molar-refractivity contribution in [3.05, 3.63) is 39.0 Å². The summed E-state index contributed by atoms with van der Waals surface area (Å²) in [7, 11) is 4.15. The van der Waals surface area contributed by atoms with Crippen molar-refractivity contribution >= 4 is 27.3 Å². The van der Waals surface area contributed by atoms with Crippen molar-refractivity contribution in [1.82, 2.24) is 14.5 Å². The average Bonchev–Trinajstić information content (AvgIpc) is 2.77. The van der Waals surface area contributed by atoms with E-state index in [0.717, 1.165) is 13.1 Å². The summed E-state index contributed by atoms with van der Waals surface area (Å²) in [4.78, 5) is 6.40. The molecule has 2 aromatic heterocycles. The van der Waals surface area contributed by atoms with Crippen LogP contribution in [0.3, 0.4) is 0 Å². The summed E-state index contributed by atoms with van der Waals surface area (Å²) in [6.45, 7) is 1.89. The van der Waals surface area contributed by atoms with Crippen molar-refractivity contribution in [3.8, 4) is 0 Å². The molecule has 0 radical (unpaired) electrons. The highest BCUT2D eigenvalue weighted by Gasteiger charge is 2.05. The monoisotopic (exact) mass is 299 g/mol. The molecule has 0 unspecified atom stereocenters. The van der Waals surface area contributed by atoms with Gasteiger partial charge in [-0.05, 0) is 40.0 Å². The molecule has 0 amide bonds. The fraction of sp³-hybridized carbons (Fsp3) is 0.364. The number of aromatic nitrogens is 2. The van der Waals surface area contributed by atoms with Crippen LogP contribution in [0.4, 0.5) is 0 Å². The molecule has 0 fully saturated rings. The van der Waals surface area contributed by atoms with Crippen molar-refractivity contribution in [3.63, 3.8) is 0 Å². The Morgan fingerprint density at radius 2 is 2.31 bits per heavy atom. The van der Waals surface area contributed by atoms with Crippen molar-refractivity contribution < 1.29 is 0 Å². The second-order valence-electron chi connectivity index (χ2n) is 3.93. The number of hydrogen-bond acceptors (Lipinski definition) is 3. The number of nitrogens with zero attached hydrogens (tertiary/aromatic N) is 3. The lowest BCUT2D eigenvalue weighted by atomic mass is 10.3. The van der Waals surface area contributed by atoms with E-state index in [-0.39, 0.29) is 0 Å². The van der Waals surface area contributed by atoms with Crippen LogP contribution in [-0.4, -0.2) is 21.5 Å². The summed E-state index contributed by atoms with van der Waals surface area (Å²) in [6.07, 6.45) is 3.75. The number of aryl methyl sites for hydroxylation is 1. The zero-order valence-corrected chi connectivity index (χ0v) is 11.8. The van der Waals surface area contributed by atoms with Gasteiger partial charge in [-0.3, -0.25) is 4.90 Å². The molecule has 0 aliphatic rings. The zero-order chi connectivity index (χ0) is 11.5. The molecule has 5 heteroatoms. The van der Waals surface area contributed by atoms with Crippen LogP contribution in [0.25, 0.3) is 0 Å². The van der Waals surface area contributed by atoms with Crippen molar-refractivity contribution in [2.24, 2.45) is 7.05 Å². The van der Waals surface area contributed by atoms with E-state index in [2.05, 4.69) is 48.9 Å². The summed E-state index contributed by atoms with van der Waals surface area (Å²) in [5.74, 6) is 0. The Hall–Kier alpha value is -0.650. The predicted octanol–water partition coefficient (Wildman–Crippen LogP) is 2.88. The summed E-state index contributed by atoms with van der Waals surface area (Å²) >= 11 is 5.21. The molecule has 86 valence electrons. The van der Waals surface area contributed by atoms with E-state index in [0.29, 0.717) is 0 Å². The molecule has 2 rings (SSSR count). The normalized spacial score (nSPS) is 11.2. The van der Waals surface area contributed by atoms with Crippen LogP contribution in [-0.2, 0) is 20.1 Å². The molecule has 0 aliphatic heterocycles. The first-order chi connectivity index (χ1) is 7.65. The Kier molecular flexibility index (Phi) is 3.78. The van der Waals surface area contributed by atoms with E-state index in [9.17, 15) is 0 Å². The van der Waals surface area contributed by atoms with Gasteiger partial charge in [0, 0.05) is 26.3 Å². The molecule has 0 aromatic carbocycles. The first-order valence-corrected chi connectivity index (χ1v) is 6.69. The highest BCUT2D eigenvalue weighted by molar-refractivity contribution is 9.11. The minimum atomic E-state index is 0.921. The Labute approximate surface area is 108 Å². The lowest BCUT2D eigenvalue weighted by Gasteiger charge is -2.15. The fourth-order valence-corrected chi connectivity index (χ4v) is 2.81. The van der Waals surface area contributed by atoms with E-state index < -0.39 is 0 Å². The van der Waals surface area contributed by atoms with E-state index in [1.54, 1.807) is 11.3 Å². The van der Waals surface area contributed by atoms with Crippen molar-refractivity contribution in [1.29, 1.82) is 0 Å². The molecular weight excluding hydrogens is 286 g/mol. The molecule has 3 nitrogen and oxygen atoms in total. The van der Waals surface area contributed by atoms with Gasteiger partial charge in [0.25, 0.3) is 0 Å². The van der Waals surface area contributed by atoms with Gasteiger partial charge in [-0.1, -0.05) is 0 Å². The molecular formula is C11H14BrN3S. The van der Waals surface area contributed by atoms with E-state index in [1.807, 2.05) is 19.6 Å². The maximum absolute atomic E-state index is 4.12. The van der Waals surface area contributed by atoms with Gasteiger partial charge in [-0.15, -0.1) is 11.3 Å². The zero-order valence-electron chi connectivity index (χ0n) is 9.35. The first kappa shape index (κ1) is 11.8. The Morgan fingerprint density at radius 1 is 1.50 bits per heavy atom. The second-order valence-corrected chi connectivity index (χ2v) is 6.22. The standard InChI is InChI=1S/C11H14BrN3S/c1-14(5-9-3-11(12)16-7-9)6-10-4-13-8-15(10)2/h3-4,7-8H,5-6H2,1-2H3. The summed E-state index contributed by atoms with van der Waals surface area (Å²) in [6, 6.07) is 2.17. The minimum absolute atomic E-state index is 0.921. The number of thiophene rings is 1. The fourth-order valence-electron chi connectivity index (χ4n) is 1.61. The van der Waals surface area contributed by atoms with Gasteiger partial charge in [0.05, 0.1) is 15.8 Å². The lowest BCUT2D eigenvalue weighted by Crippen LogP contribution is -2.18. The topological polar surface area (TPSA) is 21.1 Å². The van der Waals surface area contributed by atoms with Gasteiger partial charge in [0.1, 0.15) is 0 Å². The van der Waals surface area contributed by atoms with Crippen molar-refractivity contribution in [2.75, 3.05) is 7.05 Å². The third-order valence-corrected chi connectivity index (χ3v) is 3.98. The quantitative estimate of drug-likeness (QED) is 0.866. The number of imidazole rings is 1. The highest BCUT2D eigenvalue weighted by atomic mass is 79.9. The molecule has 0 atom stereocenters. The van der Waals surface area contributed by atoms with Gasteiger partial charge in [0.2, 0.25) is 0 Å². The van der Waals surface area contributed by atoms with Crippen LogP contribution in [0, 0.1) is 0 Å². The van der Waals surface area contributed by atoms with E-state index in [1.165, 1.54) is 15.0 Å². The van der Waals surface area contributed by atoms with Gasteiger partial charge in [0.15, 0.2) is 0 Å². The maximum atomic E-state index is 4.12. The molecule has 0 saturated carbocycles. The molecule has 16 heavy (non-hydrogen) atoms. The number of halogens is 1. The van der Waals surface area contributed by atoms with Crippen LogP contribution in [0.1, 0.15) is 11.3 Å². The number of hydrogen-bond donors (Lipinski definition) is 0. The summed E-state index contributed by atoms with van der Waals surface area (Å²) in [5.41, 5.74) is 2.58. The Morgan fingerprint density at radius 3 is 2.88 bits per heavy atom. The number of rotatable bonds is 4. The molecule has 2 aromatic rings. The largest absolute Gasteiger partial charge is 0.337 e. The predicted molar refractivity (Wildman–Crippen MR) is 70.4 cm³/mol. The van der Waals surface area contributed by atoms with Gasteiger partial charge in [-0.2, -0.15) is 0 Å². The van der Waals surface area contributed by atoms with E-state index in [4.69, 9.17) is 0 Å². The highest BCUT2D eigenvalue weighted by Crippen LogP contribution is 2.21. The molecule has 0 N–H and O–H groups in total. The third kappa shape index (κ3) is 2.93. The summed E-state index contributed by atoms with van der Waals surface area (Å²) in [5, 5.41) is 2.18. The van der Waals surface area contributed by atoms with Crippen molar-refractivity contribution in [2.45, 2.75) is 13.1 Å². The van der Waals surface area contributed by atoms with Gasteiger partial charge < -0.3 is 4.57 Å². The maximum Gasteiger partial charge on any atom is 0.0945 e. The molecule has 0 spiro atoms. The Bertz CT molecular complexity index is 463. The SMILES string of the molecule is CN(Cc1csc(Br)c1)Cc1cncn1C. The first-order valence-electron chi connectivity index (χ1n) is 5.02. The van der Waals surface area contributed by atoms with Crippen LogP contribution in [0.15, 0.2) is 27.8 Å². The van der Waals surface area contributed by atoms with Gasteiger partial charge in [-0.25, -0.2) is 4.98 Å². The summed E-state index contributed by atoms with van der Waals surface area (Å²) < 4.78 is 3.25. The van der Waals surface area contributed by atoms with Crippen LogP contribution < -0.4 is 0 Å². The van der Waals surface area contributed by atoms with Crippen LogP contribution in [0.5, 0.6) is 0 Å². The van der Waals surface area contributed by atoms with Crippen LogP contribution in [0.2, 0.25) is 0 Å². The smallest absolute Gasteiger partial charge is 0.0945 e. The van der Waals surface area contributed by atoms with E-state index >= 15 is 0 Å². The molecule has 2 heterocycles. The lowest BCUT2D eigenvalue weighted by molar-refractivity contribution is 0.312. The average molecular weight is 300 g/mol. The Balaban J connectivity index is 1.94. The molecule has 0 bridgehead atoms. The minimum Gasteiger partial charge on any atom is -0.337 e. The van der Waals surface area contributed by atoms with Crippen LogP contribution >= 0.6 is 27.3 Å². The molecule has 0 saturated heterocycles.